The van der Waals surface area contributed by atoms with E-state index in [1.807, 2.05) is 24.3 Å². The molecule has 5 heteroatoms. The quantitative estimate of drug-likeness (QED) is 0.884. The van der Waals surface area contributed by atoms with Gasteiger partial charge in [-0.3, -0.25) is 4.79 Å². The van der Waals surface area contributed by atoms with Gasteiger partial charge in [0.25, 0.3) is 5.91 Å². The molecule has 104 valence electrons. The second-order valence-electron chi connectivity index (χ2n) is 4.53. The standard InChI is InChI=1S/C15H17N3O2/c1-10-14(8-16-11(2)18-10)15(20)17-7-12-5-3-4-6-13(12)9-19/h3-6,8,19H,7,9H2,1-2H3,(H,17,20). The smallest absolute Gasteiger partial charge is 0.254 e. The van der Waals surface area contributed by atoms with Crippen LogP contribution in [0.5, 0.6) is 0 Å². The van der Waals surface area contributed by atoms with E-state index in [1.54, 1.807) is 13.8 Å². The number of rotatable bonds is 4. The van der Waals surface area contributed by atoms with Crippen LogP contribution in [0.4, 0.5) is 0 Å². The number of nitrogens with zero attached hydrogens (tertiary/aromatic N) is 2. The third-order valence-corrected chi connectivity index (χ3v) is 3.07. The normalized spacial score (nSPS) is 10.3. The summed E-state index contributed by atoms with van der Waals surface area (Å²) < 4.78 is 0. The third kappa shape index (κ3) is 3.19. The van der Waals surface area contributed by atoms with Gasteiger partial charge in [-0.25, -0.2) is 9.97 Å². The molecule has 0 saturated carbocycles. The van der Waals surface area contributed by atoms with Crippen molar-refractivity contribution >= 4 is 5.91 Å². The zero-order valence-electron chi connectivity index (χ0n) is 11.6. The molecule has 0 aliphatic carbocycles. The highest BCUT2D eigenvalue weighted by molar-refractivity contribution is 5.94. The van der Waals surface area contributed by atoms with Gasteiger partial charge in [0.1, 0.15) is 5.82 Å². The predicted octanol–water partition coefficient (Wildman–Crippen LogP) is 1.52. The molecule has 1 aromatic carbocycles. The molecule has 0 atom stereocenters. The van der Waals surface area contributed by atoms with Crippen LogP contribution in [0.15, 0.2) is 30.5 Å². The van der Waals surface area contributed by atoms with Crippen LogP contribution in [0.1, 0.15) is 33.0 Å². The maximum atomic E-state index is 12.1. The number of aliphatic hydroxyl groups is 1. The number of aromatic nitrogens is 2. The van der Waals surface area contributed by atoms with Crippen molar-refractivity contribution in [2.75, 3.05) is 0 Å². The molecule has 2 rings (SSSR count). The number of benzene rings is 1. The highest BCUT2D eigenvalue weighted by Crippen LogP contribution is 2.09. The van der Waals surface area contributed by atoms with Crippen molar-refractivity contribution < 1.29 is 9.90 Å². The summed E-state index contributed by atoms with van der Waals surface area (Å²) in [5.41, 5.74) is 2.83. The number of aliphatic hydroxyl groups excluding tert-OH is 1. The summed E-state index contributed by atoms with van der Waals surface area (Å²) in [6, 6.07) is 7.45. The monoisotopic (exact) mass is 271 g/mol. The molecule has 1 amide bonds. The van der Waals surface area contributed by atoms with Crippen LogP contribution in [0, 0.1) is 13.8 Å². The maximum absolute atomic E-state index is 12.1. The van der Waals surface area contributed by atoms with Gasteiger partial charge in [0, 0.05) is 12.7 Å². The molecule has 20 heavy (non-hydrogen) atoms. The zero-order chi connectivity index (χ0) is 14.5. The van der Waals surface area contributed by atoms with Crippen LogP contribution in [0.2, 0.25) is 0 Å². The fourth-order valence-corrected chi connectivity index (χ4v) is 1.96. The summed E-state index contributed by atoms with van der Waals surface area (Å²) in [7, 11) is 0. The minimum atomic E-state index is -0.213. The van der Waals surface area contributed by atoms with E-state index in [0.717, 1.165) is 11.1 Å². The van der Waals surface area contributed by atoms with Crippen molar-refractivity contribution in [2.24, 2.45) is 0 Å². The summed E-state index contributed by atoms with van der Waals surface area (Å²) in [5, 5.41) is 12.1. The summed E-state index contributed by atoms with van der Waals surface area (Å²) in [4.78, 5) is 20.3. The number of nitrogens with one attached hydrogen (secondary N) is 1. The predicted molar refractivity (Wildman–Crippen MR) is 75.0 cm³/mol. The van der Waals surface area contributed by atoms with Crippen LogP contribution in [-0.2, 0) is 13.2 Å². The molecule has 1 aromatic heterocycles. The molecule has 0 aliphatic rings. The van der Waals surface area contributed by atoms with Gasteiger partial charge < -0.3 is 10.4 Å². The number of amides is 1. The minimum absolute atomic E-state index is 0.0429. The van der Waals surface area contributed by atoms with E-state index < -0.39 is 0 Å². The molecule has 2 aromatic rings. The summed E-state index contributed by atoms with van der Waals surface area (Å²) in [5.74, 6) is 0.430. The van der Waals surface area contributed by atoms with Crippen LogP contribution in [0.25, 0.3) is 0 Å². The lowest BCUT2D eigenvalue weighted by Crippen LogP contribution is -2.25. The minimum Gasteiger partial charge on any atom is -0.392 e. The first-order valence-electron chi connectivity index (χ1n) is 6.38. The number of carbonyl (C=O) groups excluding carboxylic acids is 1. The van der Waals surface area contributed by atoms with Crippen molar-refractivity contribution in [1.29, 1.82) is 0 Å². The topological polar surface area (TPSA) is 75.1 Å². The van der Waals surface area contributed by atoms with Gasteiger partial charge in [-0.1, -0.05) is 24.3 Å². The van der Waals surface area contributed by atoms with Gasteiger partial charge in [0.2, 0.25) is 0 Å². The molecular formula is C15H17N3O2. The lowest BCUT2D eigenvalue weighted by atomic mass is 10.1. The van der Waals surface area contributed by atoms with Crippen LogP contribution in [0.3, 0.4) is 0 Å². The molecule has 0 unspecified atom stereocenters. The second-order valence-corrected chi connectivity index (χ2v) is 4.53. The van der Waals surface area contributed by atoms with E-state index in [-0.39, 0.29) is 12.5 Å². The molecule has 0 aliphatic heterocycles. The third-order valence-electron chi connectivity index (χ3n) is 3.07. The fraction of sp³-hybridized carbons (Fsp3) is 0.267. The van der Waals surface area contributed by atoms with Gasteiger partial charge >= 0.3 is 0 Å². The number of carbonyl (C=O) groups is 1. The van der Waals surface area contributed by atoms with Crippen molar-refractivity contribution in [3.63, 3.8) is 0 Å². The van der Waals surface area contributed by atoms with Gasteiger partial charge in [-0.2, -0.15) is 0 Å². The van der Waals surface area contributed by atoms with Gasteiger partial charge in [0.05, 0.1) is 17.9 Å². The Balaban J connectivity index is 2.09. The van der Waals surface area contributed by atoms with E-state index in [1.165, 1.54) is 6.20 Å². The highest BCUT2D eigenvalue weighted by Gasteiger charge is 2.11. The first-order valence-corrected chi connectivity index (χ1v) is 6.38. The highest BCUT2D eigenvalue weighted by atomic mass is 16.3. The lowest BCUT2D eigenvalue weighted by molar-refractivity contribution is 0.0949. The van der Waals surface area contributed by atoms with E-state index >= 15 is 0 Å². The zero-order valence-corrected chi connectivity index (χ0v) is 11.6. The Kier molecular flexibility index (Phi) is 4.42. The first kappa shape index (κ1) is 14.1. The van der Waals surface area contributed by atoms with Crippen molar-refractivity contribution in [2.45, 2.75) is 27.0 Å². The molecule has 0 bridgehead atoms. The number of hydrogen-bond acceptors (Lipinski definition) is 4. The molecular weight excluding hydrogens is 254 g/mol. The molecule has 0 fully saturated rings. The van der Waals surface area contributed by atoms with Gasteiger partial charge in [-0.05, 0) is 25.0 Å². The van der Waals surface area contributed by atoms with Crippen LogP contribution < -0.4 is 5.32 Å². The molecule has 0 spiro atoms. The number of aryl methyl sites for hydroxylation is 2. The number of hydrogen-bond donors (Lipinski definition) is 2. The molecule has 0 saturated heterocycles. The molecule has 5 nitrogen and oxygen atoms in total. The summed E-state index contributed by atoms with van der Waals surface area (Å²) in [6.45, 7) is 3.89. The van der Waals surface area contributed by atoms with Crippen molar-refractivity contribution in [1.82, 2.24) is 15.3 Å². The molecule has 1 heterocycles. The average molecular weight is 271 g/mol. The Bertz CT molecular complexity index is 626. The van der Waals surface area contributed by atoms with Crippen LogP contribution in [-0.4, -0.2) is 21.0 Å². The van der Waals surface area contributed by atoms with E-state index in [9.17, 15) is 9.90 Å². The SMILES string of the molecule is Cc1ncc(C(=O)NCc2ccccc2CO)c(C)n1. The van der Waals surface area contributed by atoms with E-state index in [0.29, 0.717) is 23.6 Å². The average Bonchev–Trinajstić information content (AvgIpc) is 2.45. The van der Waals surface area contributed by atoms with E-state index in [2.05, 4.69) is 15.3 Å². The van der Waals surface area contributed by atoms with Gasteiger partial charge in [-0.15, -0.1) is 0 Å². The van der Waals surface area contributed by atoms with Crippen molar-refractivity contribution in [3.8, 4) is 0 Å². The van der Waals surface area contributed by atoms with Crippen molar-refractivity contribution in [3.05, 3.63) is 58.7 Å². The Morgan fingerprint density at radius 1 is 1.25 bits per heavy atom. The Labute approximate surface area is 117 Å². The first-order chi connectivity index (χ1) is 9.61. The van der Waals surface area contributed by atoms with E-state index in [4.69, 9.17) is 0 Å². The van der Waals surface area contributed by atoms with Gasteiger partial charge in [0.15, 0.2) is 0 Å². The van der Waals surface area contributed by atoms with Crippen LogP contribution >= 0.6 is 0 Å². The molecule has 0 radical (unpaired) electrons. The Hall–Kier alpha value is -2.27. The Morgan fingerprint density at radius 3 is 2.60 bits per heavy atom. The summed E-state index contributed by atoms with van der Waals surface area (Å²) in [6.07, 6.45) is 1.53. The molecule has 2 N–H and O–H groups in total. The Morgan fingerprint density at radius 2 is 1.95 bits per heavy atom. The largest absolute Gasteiger partial charge is 0.392 e. The summed E-state index contributed by atoms with van der Waals surface area (Å²) >= 11 is 0. The lowest BCUT2D eigenvalue weighted by Gasteiger charge is -2.10. The fourth-order valence-electron chi connectivity index (χ4n) is 1.96. The second kappa shape index (κ2) is 6.25. The maximum Gasteiger partial charge on any atom is 0.254 e.